The van der Waals surface area contributed by atoms with Crippen LogP contribution in [0.25, 0.3) is 0 Å². The van der Waals surface area contributed by atoms with Crippen molar-refractivity contribution in [2.45, 2.75) is 562 Å². The fourth-order valence-electron chi connectivity index (χ4n) is 12.4. The van der Waals surface area contributed by atoms with E-state index in [9.17, 15) is 73.4 Å². The van der Waals surface area contributed by atoms with E-state index in [1.807, 2.05) is 109 Å². The average Bonchev–Trinajstić information content (AvgIpc) is 0.980. The Kier molecular flexibility index (Phi) is 130. The summed E-state index contributed by atoms with van der Waals surface area (Å²) in [5, 5.41) is 134. The highest BCUT2D eigenvalue weighted by molar-refractivity contribution is 5.78. The number of aliphatic carboxylic acids is 4. The van der Waals surface area contributed by atoms with Gasteiger partial charge < -0.3 is 91.0 Å². The molecule has 0 heterocycles. The highest BCUT2D eigenvalue weighted by atomic mass is 19.1. The van der Waals surface area contributed by atoms with Crippen LogP contribution < -0.4 is 0 Å². The Hall–Kier alpha value is -5.39. The van der Waals surface area contributed by atoms with Crippen molar-refractivity contribution in [3.63, 3.8) is 0 Å². The van der Waals surface area contributed by atoms with Crippen LogP contribution in [0, 0.1) is 59.2 Å². The molecule has 0 spiro atoms. The highest BCUT2D eigenvalue weighted by Crippen LogP contribution is 2.22. The first kappa shape index (κ1) is 159. The standard InChI is InChI=1S/C19H36O3.C14H27NO2.C13H26O2.C12H24O3.C12H22O3.C10H19FO.C10H20O3.C9H20O2.C8H16O3.C8H16O2.CH4/c1-4-22-19(21)16-14-12-10-8-6-5-7-9-11-13-15-17(2)18(3)20;1-12(13(2)16)10-8-6-5-7-9-11-14(17)15(3)4;1-11(13(3)15)9-7-5-4-6-8-10-12(2)14;2*1-10(11(2)13)8-6-4-3-5-7-9-12(14)15;1-9(10(2)12)7-5-3-4-6-8-11;1-8(9(2)11)6-4-3-5-7-10(12)13;1-7(9(3)11)5-4-6-8(2)10;1-6(7(2)9)4-3-5-8(10)11;1-4-8(10)5-6(2)7(3)9;/h11,13,17-18,20H,4-10,12,14-16H2,1-3H3;6,8,12-13,16H,5,7,9-11H2,1-4H3;11,13,15H,4-10H2,1-3H3;10-11,13H,3-9H2,1-2H3,(H,14,15);4,6,10-11,13H,3,5,7-9H2,1-2H3,(H,14,15);3,5,9-10,12H,4,6-8H2,1-2H3;8-9,11H,3-7H2,1-2H3,(H,12,13);7-11H,4-6H2,1-3H3;6-7,9H,3-5H2,1-2H3,(H,10,11);6-7,9H,4-5H2,1-3H3;1H4/b13-11+;8-6+;;;6-4+;5-3+;;;;;/t17-,18+;12-,13+;11-,13+;2*10-,11+;9-,10+;8-,9+;7-,8?,9+;2*6-,7+;/m1111111111./s1. The third-order valence-electron chi connectivity index (χ3n) is 25.6. The molecule has 25 nitrogen and oxygen atoms in total. The van der Waals surface area contributed by atoms with Gasteiger partial charge in [0, 0.05) is 71.9 Å². The number of Topliss-reactive ketones (excluding diaryl/α,β-unsaturated/α-hetero) is 2. The number of unbranched alkanes of at least 4 members (excludes halogenated alkanes) is 22. The van der Waals surface area contributed by atoms with E-state index in [1.54, 1.807) is 67.5 Å². The van der Waals surface area contributed by atoms with E-state index >= 15 is 0 Å². The summed E-state index contributed by atoms with van der Waals surface area (Å²) in [5.41, 5.74) is 0. The maximum Gasteiger partial charge on any atom is 0.305 e. The second-order valence-corrected chi connectivity index (χ2v) is 40.7. The lowest BCUT2D eigenvalue weighted by molar-refractivity contribution is -0.143. The zero-order valence-electron chi connectivity index (χ0n) is 94.7. The molecule has 26 heteroatoms. The van der Waals surface area contributed by atoms with Crippen molar-refractivity contribution in [1.29, 1.82) is 0 Å². The molecule has 0 radical (unpaired) electrons. The van der Waals surface area contributed by atoms with Gasteiger partial charge in [-0.2, -0.15) is 0 Å². The molecule has 0 aliphatic rings. The molecule has 0 saturated carbocycles. The van der Waals surface area contributed by atoms with Crippen molar-refractivity contribution < 1.29 is 124 Å². The number of carbonyl (C=O) groups excluding carboxylic acids is 4. The number of hydrogen-bond donors (Lipinski definition) is 15. The van der Waals surface area contributed by atoms with Crippen molar-refractivity contribution in [2.24, 2.45) is 59.2 Å². The minimum atomic E-state index is -0.761. The van der Waals surface area contributed by atoms with Crippen LogP contribution in [0.5, 0.6) is 0 Å². The van der Waals surface area contributed by atoms with E-state index in [2.05, 4.69) is 57.2 Å². The zero-order valence-corrected chi connectivity index (χ0v) is 94.7. The summed E-state index contributed by atoms with van der Waals surface area (Å²) in [4.78, 5) is 86.2. The molecule has 1 unspecified atom stereocenters. The average molecular weight is 2040 g/mol. The number of carboxylic acids is 4. The molecule has 21 atom stereocenters. The summed E-state index contributed by atoms with van der Waals surface area (Å²) in [6.45, 7) is 45.6. The maximum absolute atomic E-state index is 11.6. The number of ether oxygens (including phenoxy) is 1. The van der Waals surface area contributed by atoms with Crippen molar-refractivity contribution >= 4 is 47.3 Å². The largest absolute Gasteiger partial charge is 0.481 e. The fourth-order valence-corrected chi connectivity index (χ4v) is 12.4. The van der Waals surface area contributed by atoms with Gasteiger partial charge in [0.1, 0.15) is 11.6 Å². The molecule has 0 aromatic rings. The number of allylic oxidation sites excluding steroid dienone is 8. The smallest absolute Gasteiger partial charge is 0.305 e. The fraction of sp³-hybridized carbons (Fsp3) is 0.862. The molecule has 0 saturated heterocycles. The summed E-state index contributed by atoms with van der Waals surface area (Å²) < 4.78 is 16.5. The summed E-state index contributed by atoms with van der Waals surface area (Å²) in [6, 6.07) is 0. The SMILES string of the molecule is C.CC(=O)CCCCCCC[C@@H](C)[C@H](C)O.CC(O)CCC[C@@H](C)[C@H](C)O.CCC(=O)C[C@@H](C)[C@H](C)O.CCOC(=O)CCCCCCCCC/C=C/C[C@@H](C)[C@H](C)O.C[C@H](O)[C@H](C)C/C=C/CCCCC(=O)N(C)C.C[C@H](O)[C@H](C)C/C=C/CCCCC(=O)O.C[C@H](O)[C@H](C)C/C=C/CCCF.C[C@H](O)[C@H](C)CCCC(=O)O.C[C@H](O)[C@H](C)CCCCCC(=O)O.C[C@H](O)[C@H](C)CCCCCCCC(=O)O. The van der Waals surface area contributed by atoms with Gasteiger partial charge in [0.2, 0.25) is 5.91 Å². The summed E-state index contributed by atoms with van der Waals surface area (Å²) >= 11 is 0. The van der Waals surface area contributed by atoms with E-state index in [0.29, 0.717) is 105 Å². The van der Waals surface area contributed by atoms with E-state index in [-0.39, 0.29) is 130 Å². The van der Waals surface area contributed by atoms with Crippen LogP contribution in [0.15, 0.2) is 48.6 Å². The summed E-state index contributed by atoms with van der Waals surface area (Å²) in [7, 11) is 3.58. The normalized spacial score (nSPS) is 15.5. The van der Waals surface area contributed by atoms with Crippen LogP contribution in [-0.4, -0.2) is 223 Å². The number of halogens is 1. The van der Waals surface area contributed by atoms with Gasteiger partial charge in [-0.3, -0.25) is 38.0 Å². The van der Waals surface area contributed by atoms with Gasteiger partial charge in [0.15, 0.2) is 0 Å². The lowest BCUT2D eigenvalue weighted by Crippen LogP contribution is -2.20. The maximum atomic E-state index is 11.6. The number of carbonyl (C=O) groups is 8. The monoisotopic (exact) mass is 2040 g/mol. The molecule has 142 heavy (non-hydrogen) atoms. The molecule has 0 bridgehead atoms. The number of rotatable bonds is 75. The Labute approximate surface area is 868 Å². The van der Waals surface area contributed by atoms with Gasteiger partial charge in [-0.25, -0.2) is 0 Å². The Bertz CT molecular complexity index is 2820. The molecular weight excluding hydrogens is 1810 g/mol. The number of amides is 1. The van der Waals surface area contributed by atoms with Crippen molar-refractivity contribution in [3.05, 3.63) is 48.6 Å². The zero-order chi connectivity index (χ0) is 110. The molecule has 1 amide bonds. The molecule has 0 aromatic heterocycles. The van der Waals surface area contributed by atoms with Crippen molar-refractivity contribution in [3.8, 4) is 0 Å². The second-order valence-electron chi connectivity index (χ2n) is 40.7. The first-order valence-corrected chi connectivity index (χ1v) is 54.9. The number of aliphatic hydroxyl groups is 11. The van der Waals surface area contributed by atoms with Gasteiger partial charge in [-0.05, 0) is 310 Å². The summed E-state index contributed by atoms with van der Waals surface area (Å²) in [6.07, 6.45) is 59.7. The van der Waals surface area contributed by atoms with Gasteiger partial charge in [-0.15, -0.1) is 0 Å². The minimum Gasteiger partial charge on any atom is -0.481 e. The molecule has 0 rings (SSSR count). The van der Waals surface area contributed by atoms with Crippen molar-refractivity contribution in [2.75, 3.05) is 27.4 Å². The van der Waals surface area contributed by atoms with Gasteiger partial charge in [-0.1, -0.05) is 235 Å². The van der Waals surface area contributed by atoms with Gasteiger partial charge >= 0.3 is 29.8 Å². The lowest BCUT2D eigenvalue weighted by atomic mass is 9.98. The quantitative estimate of drug-likeness (QED) is 0.0153. The molecule has 850 valence electrons. The number of esters is 1. The Balaban J connectivity index is -0.000000150. The molecule has 0 aliphatic heterocycles. The molecule has 0 fully saturated rings. The van der Waals surface area contributed by atoms with E-state index < -0.39 is 23.9 Å². The van der Waals surface area contributed by atoms with Gasteiger partial charge in [0.05, 0.1) is 80.4 Å². The Morgan fingerprint density at radius 1 is 0.275 bits per heavy atom. The number of hydrogen-bond acceptors (Lipinski definition) is 20. The van der Waals surface area contributed by atoms with E-state index in [4.69, 9.17) is 50.7 Å². The minimum absolute atomic E-state index is 0. The lowest BCUT2D eigenvalue weighted by Gasteiger charge is -2.14. The van der Waals surface area contributed by atoms with Crippen LogP contribution in [-0.2, 0) is 43.1 Å². The second kappa shape index (κ2) is 116. The number of alkyl halides is 1. The van der Waals surface area contributed by atoms with Crippen LogP contribution in [0.3, 0.4) is 0 Å². The van der Waals surface area contributed by atoms with E-state index in [1.165, 1.54) is 57.8 Å². The van der Waals surface area contributed by atoms with E-state index in [0.717, 1.165) is 199 Å². The number of carboxylic acid groups (broad SMARTS) is 4. The molecule has 0 aliphatic carbocycles. The highest BCUT2D eigenvalue weighted by Gasteiger charge is 2.17. The van der Waals surface area contributed by atoms with Crippen LogP contribution >= 0.6 is 0 Å². The Morgan fingerprint density at radius 2 is 0.507 bits per heavy atom. The van der Waals surface area contributed by atoms with Crippen LogP contribution in [0.2, 0.25) is 0 Å². The predicted molar refractivity (Wildman–Crippen MR) is 587 cm³/mol. The first-order chi connectivity index (χ1) is 66.0. The third-order valence-corrected chi connectivity index (χ3v) is 25.6. The molecular formula is C116H230FNO24. The van der Waals surface area contributed by atoms with Crippen molar-refractivity contribution in [1.82, 2.24) is 4.90 Å². The third kappa shape index (κ3) is 143. The Morgan fingerprint density at radius 3 is 0.775 bits per heavy atom. The van der Waals surface area contributed by atoms with Crippen LogP contribution in [0.4, 0.5) is 4.39 Å². The molecule has 0 aromatic carbocycles. The van der Waals surface area contributed by atoms with Crippen LogP contribution in [0.1, 0.15) is 495 Å². The first-order valence-electron chi connectivity index (χ1n) is 54.9. The van der Waals surface area contributed by atoms with Gasteiger partial charge in [0.25, 0.3) is 0 Å². The predicted octanol–water partition coefficient (Wildman–Crippen LogP) is 25.9. The molecule has 15 N–H and O–H groups in total. The number of nitrogens with zero attached hydrogens (tertiary/aromatic N) is 1. The summed E-state index contributed by atoms with van der Waals surface area (Å²) in [5.74, 6) is 0.832. The number of aliphatic hydroxyl groups excluding tert-OH is 11. The number of ketones is 2. The topological polar surface area (TPSA) is 452 Å².